The second-order valence-corrected chi connectivity index (χ2v) is 7.33. The van der Waals surface area contributed by atoms with E-state index in [1.807, 2.05) is 18.2 Å². The fraction of sp³-hybridized carbons (Fsp3) is 0.167. The molecule has 0 saturated heterocycles. The number of nitrogens with one attached hydrogen (secondary N) is 2. The fourth-order valence-corrected chi connectivity index (χ4v) is 3.49. The van der Waals surface area contributed by atoms with Crippen molar-refractivity contribution in [1.82, 2.24) is 9.13 Å². The summed E-state index contributed by atoms with van der Waals surface area (Å²) in [6.07, 6.45) is 0. The van der Waals surface area contributed by atoms with E-state index in [0.29, 0.717) is 45.4 Å². The van der Waals surface area contributed by atoms with E-state index >= 15 is 0 Å². The minimum Gasteiger partial charge on any atom is -0.497 e. The number of imidazole rings is 1. The van der Waals surface area contributed by atoms with Gasteiger partial charge in [-0.1, -0.05) is 18.2 Å². The number of rotatable bonds is 6. The van der Waals surface area contributed by atoms with Crippen LogP contribution in [-0.2, 0) is 14.1 Å². The molecule has 1 heterocycles. The van der Waals surface area contributed by atoms with Crippen LogP contribution in [-0.4, -0.2) is 29.4 Å². The first-order chi connectivity index (χ1) is 15.9. The number of ether oxygens (including phenoxy) is 3. The molecule has 2 amide bonds. The third-order valence-corrected chi connectivity index (χ3v) is 5.20. The zero-order valence-corrected chi connectivity index (χ0v) is 18.7. The standard InChI is InChI=1S/C24H24N4O5/c1-27-20-13-19(26-23(29)25-15-10-17(31-3)12-18(11-15)32-4)22(14-21(20)28(2)24(27)30)33-16-8-6-5-7-9-16/h5-14H,1-4H3,(H2,25,26,29). The molecule has 4 rings (SSSR count). The largest absolute Gasteiger partial charge is 0.497 e. The molecule has 2 N–H and O–H groups in total. The van der Waals surface area contributed by atoms with Crippen molar-refractivity contribution in [2.45, 2.75) is 0 Å². The number of aryl methyl sites for hydroxylation is 2. The number of hydrogen-bond acceptors (Lipinski definition) is 5. The summed E-state index contributed by atoms with van der Waals surface area (Å²) in [4.78, 5) is 25.3. The van der Waals surface area contributed by atoms with E-state index in [0.717, 1.165) is 0 Å². The molecule has 4 aromatic rings. The van der Waals surface area contributed by atoms with Gasteiger partial charge in [-0.25, -0.2) is 9.59 Å². The van der Waals surface area contributed by atoms with Gasteiger partial charge in [0.05, 0.1) is 30.9 Å². The number of urea groups is 1. The van der Waals surface area contributed by atoms with E-state index in [2.05, 4.69) is 10.6 Å². The first-order valence-corrected chi connectivity index (χ1v) is 10.1. The lowest BCUT2D eigenvalue weighted by Crippen LogP contribution is -2.20. The van der Waals surface area contributed by atoms with Crippen molar-refractivity contribution in [3.05, 3.63) is 71.1 Å². The summed E-state index contributed by atoms with van der Waals surface area (Å²) in [6.45, 7) is 0. The first kappa shape index (κ1) is 21.8. The second kappa shape index (κ2) is 8.99. The van der Waals surface area contributed by atoms with Gasteiger partial charge in [0.1, 0.15) is 17.2 Å². The number of fused-ring (bicyclic) bond motifs is 1. The lowest BCUT2D eigenvalue weighted by Gasteiger charge is -2.15. The zero-order chi connectivity index (χ0) is 23.5. The second-order valence-electron chi connectivity index (χ2n) is 7.33. The maximum atomic E-state index is 12.8. The molecular formula is C24H24N4O5. The molecule has 3 aromatic carbocycles. The number of aromatic nitrogens is 2. The van der Waals surface area contributed by atoms with E-state index in [1.165, 1.54) is 23.4 Å². The molecule has 33 heavy (non-hydrogen) atoms. The normalized spacial score (nSPS) is 10.7. The van der Waals surface area contributed by atoms with Crippen molar-refractivity contribution in [3.63, 3.8) is 0 Å². The van der Waals surface area contributed by atoms with E-state index in [-0.39, 0.29) is 5.69 Å². The minimum atomic E-state index is -0.497. The number of nitrogens with zero attached hydrogens (tertiary/aromatic N) is 2. The number of hydrogen-bond donors (Lipinski definition) is 2. The van der Waals surface area contributed by atoms with Crippen molar-refractivity contribution in [3.8, 4) is 23.0 Å². The quantitative estimate of drug-likeness (QED) is 0.458. The molecule has 0 aliphatic heterocycles. The maximum Gasteiger partial charge on any atom is 0.328 e. The van der Waals surface area contributed by atoms with Gasteiger partial charge in [-0.3, -0.25) is 9.13 Å². The average molecular weight is 448 g/mol. The Bertz CT molecular complexity index is 1350. The van der Waals surface area contributed by atoms with E-state index in [4.69, 9.17) is 14.2 Å². The molecule has 0 unspecified atom stereocenters. The van der Waals surface area contributed by atoms with Gasteiger partial charge in [-0.15, -0.1) is 0 Å². The van der Waals surface area contributed by atoms with Crippen LogP contribution in [0.4, 0.5) is 16.2 Å². The van der Waals surface area contributed by atoms with Crippen molar-refractivity contribution >= 4 is 28.4 Å². The highest BCUT2D eigenvalue weighted by molar-refractivity contribution is 6.02. The van der Waals surface area contributed by atoms with Gasteiger partial charge in [0.15, 0.2) is 5.75 Å². The summed E-state index contributed by atoms with van der Waals surface area (Å²) in [7, 11) is 6.43. The number of carbonyl (C=O) groups excluding carboxylic acids is 1. The molecule has 0 fully saturated rings. The zero-order valence-electron chi connectivity index (χ0n) is 18.7. The molecule has 0 bridgehead atoms. The van der Waals surface area contributed by atoms with Crippen molar-refractivity contribution in [1.29, 1.82) is 0 Å². The van der Waals surface area contributed by atoms with Gasteiger partial charge in [-0.2, -0.15) is 0 Å². The number of para-hydroxylation sites is 1. The molecule has 170 valence electrons. The SMILES string of the molecule is COc1cc(NC(=O)Nc2cc3c(cc2Oc2ccccc2)n(C)c(=O)n3C)cc(OC)c1. The lowest BCUT2D eigenvalue weighted by molar-refractivity contribution is 0.262. The van der Waals surface area contributed by atoms with Crippen LogP contribution in [0.3, 0.4) is 0 Å². The van der Waals surface area contributed by atoms with Gasteiger partial charge < -0.3 is 24.8 Å². The van der Waals surface area contributed by atoms with Crippen LogP contribution in [0.15, 0.2) is 65.5 Å². The Morgan fingerprint density at radius 2 is 1.39 bits per heavy atom. The summed E-state index contributed by atoms with van der Waals surface area (Å²) in [5, 5.41) is 5.59. The van der Waals surface area contributed by atoms with Crippen LogP contribution in [0.5, 0.6) is 23.0 Å². The average Bonchev–Trinajstić information content (AvgIpc) is 3.03. The van der Waals surface area contributed by atoms with Gasteiger partial charge in [0.2, 0.25) is 0 Å². The highest BCUT2D eigenvalue weighted by Gasteiger charge is 2.16. The maximum absolute atomic E-state index is 12.8. The van der Waals surface area contributed by atoms with Crippen LogP contribution < -0.4 is 30.5 Å². The van der Waals surface area contributed by atoms with Crippen LogP contribution in [0.25, 0.3) is 11.0 Å². The molecule has 9 nitrogen and oxygen atoms in total. The third kappa shape index (κ3) is 4.47. The molecule has 9 heteroatoms. The van der Waals surface area contributed by atoms with E-state index in [9.17, 15) is 9.59 Å². The molecule has 0 spiro atoms. The van der Waals surface area contributed by atoms with E-state index < -0.39 is 6.03 Å². The van der Waals surface area contributed by atoms with Gasteiger partial charge in [-0.05, 0) is 18.2 Å². The first-order valence-electron chi connectivity index (χ1n) is 10.1. The Kier molecular flexibility index (Phi) is 5.95. The van der Waals surface area contributed by atoms with Crippen LogP contribution in [0.2, 0.25) is 0 Å². The molecule has 0 aliphatic rings. The van der Waals surface area contributed by atoms with Crippen LogP contribution in [0, 0.1) is 0 Å². The Morgan fingerprint density at radius 1 is 0.788 bits per heavy atom. The number of anilines is 2. The lowest BCUT2D eigenvalue weighted by atomic mass is 10.2. The summed E-state index contributed by atoms with van der Waals surface area (Å²) < 4.78 is 19.6. The predicted octanol–water partition coefficient (Wildman–Crippen LogP) is 4.33. The van der Waals surface area contributed by atoms with Crippen LogP contribution >= 0.6 is 0 Å². The summed E-state index contributed by atoms with van der Waals surface area (Å²) >= 11 is 0. The summed E-state index contributed by atoms with van der Waals surface area (Å²) in [5.74, 6) is 2.07. The van der Waals surface area contributed by atoms with Gasteiger partial charge >= 0.3 is 11.7 Å². The van der Waals surface area contributed by atoms with Crippen LogP contribution in [0.1, 0.15) is 0 Å². The predicted molar refractivity (Wildman–Crippen MR) is 127 cm³/mol. The number of methoxy groups -OCH3 is 2. The Morgan fingerprint density at radius 3 is 2.00 bits per heavy atom. The highest BCUT2D eigenvalue weighted by Crippen LogP contribution is 2.34. The molecule has 0 saturated carbocycles. The van der Waals surface area contributed by atoms with Gasteiger partial charge in [0, 0.05) is 44.0 Å². The Labute approximate surface area is 190 Å². The smallest absolute Gasteiger partial charge is 0.328 e. The highest BCUT2D eigenvalue weighted by atomic mass is 16.5. The number of carbonyl (C=O) groups is 1. The number of benzene rings is 3. The molecule has 0 atom stereocenters. The molecular weight excluding hydrogens is 424 g/mol. The third-order valence-electron chi connectivity index (χ3n) is 5.20. The van der Waals surface area contributed by atoms with Crippen molar-refractivity contribution in [2.75, 3.05) is 24.9 Å². The number of amides is 2. The molecule has 0 aliphatic carbocycles. The fourth-order valence-electron chi connectivity index (χ4n) is 3.49. The Hall–Kier alpha value is -4.40. The molecule has 0 radical (unpaired) electrons. The minimum absolute atomic E-state index is 0.180. The molecule has 1 aromatic heterocycles. The van der Waals surface area contributed by atoms with Crippen molar-refractivity contribution < 1.29 is 19.0 Å². The van der Waals surface area contributed by atoms with Gasteiger partial charge in [0.25, 0.3) is 0 Å². The van der Waals surface area contributed by atoms with Crippen molar-refractivity contribution in [2.24, 2.45) is 14.1 Å². The summed E-state index contributed by atoms with van der Waals surface area (Å²) in [6, 6.07) is 17.2. The van der Waals surface area contributed by atoms with E-state index in [1.54, 1.807) is 56.6 Å². The summed E-state index contributed by atoms with van der Waals surface area (Å²) in [5.41, 5.74) is 2.04. The topological polar surface area (TPSA) is 95.8 Å². The monoisotopic (exact) mass is 448 g/mol. The Balaban J connectivity index is 1.69.